The van der Waals surface area contributed by atoms with E-state index in [1.165, 1.54) is 4.68 Å². The van der Waals surface area contributed by atoms with E-state index in [0.717, 1.165) is 54.0 Å². The molecule has 1 N–H and O–H groups in total. The zero-order valence-corrected chi connectivity index (χ0v) is 17.7. The number of aromatic nitrogens is 4. The molecule has 1 aliphatic carbocycles. The van der Waals surface area contributed by atoms with Crippen LogP contribution in [0.2, 0.25) is 0 Å². The Morgan fingerprint density at radius 1 is 0.968 bits per heavy atom. The van der Waals surface area contributed by atoms with E-state index in [1.807, 2.05) is 36.1 Å². The summed E-state index contributed by atoms with van der Waals surface area (Å²) in [6, 6.07) is 11.0. The molecule has 1 aliphatic heterocycles. The summed E-state index contributed by atoms with van der Waals surface area (Å²) in [5, 5.41) is 12.0. The normalized spacial score (nSPS) is 16.3. The predicted octanol–water partition coefficient (Wildman–Crippen LogP) is 2.11. The number of hydrogen-bond acceptors (Lipinski definition) is 5. The average molecular weight is 419 g/mol. The number of fused-ring (bicyclic) bond motifs is 1. The van der Waals surface area contributed by atoms with E-state index in [-0.39, 0.29) is 11.5 Å². The lowest BCUT2D eigenvalue weighted by molar-refractivity contribution is 0.0739. The molecule has 160 valence electrons. The van der Waals surface area contributed by atoms with Gasteiger partial charge in [-0.2, -0.15) is 9.78 Å². The van der Waals surface area contributed by atoms with Crippen LogP contribution in [0, 0.1) is 6.92 Å². The van der Waals surface area contributed by atoms with Crippen molar-refractivity contribution < 1.29 is 4.79 Å². The van der Waals surface area contributed by atoms with E-state index in [2.05, 4.69) is 20.2 Å². The number of carbonyl (C=O) groups excluding carboxylic acids is 1. The first-order valence-electron chi connectivity index (χ1n) is 10.9. The Hall–Kier alpha value is -3.42. The third kappa shape index (κ3) is 3.73. The first kappa shape index (κ1) is 19.5. The number of amides is 1. The predicted molar refractivity (Wildman–Crippen MR) is 118 cm³/mol. The van der Waals surface area contributed by atoms with Crippen LogP contribution in [-0.4, -0.2) is 57.0 Å². The molecule has 1 fully saturated rings. The Labute approximate surface area is 180 Å². The van der Waals surface area contributed by atoms with Crippen LogP contribution in [0.3, 0.4) is 0 Å². The summed E-state index contributed by atoms with van der Waals surface area (Å²) in [6.07, 6.45) is 4.17. The van der Waals surface area contributed by atoms with Gasteiger partial charge in [0.1, 0.15) is 5.82 Å². The van der Waals surface area contributed by atoms with Crippen LogP contribution in [0.4, 0.5) is 5.82 Å². The number of aromatic amines is 1. The molecular weight excluding hydrogens is 392 g/mol. The Kier molecular flexibility index (Phi) is 5.05. The third-order valence-corrected chi connectivity index (χ3v) is 6.21. The summed E-state index contributed by atoms with van der Waals surface area (Å²) in [4.78, 5) is 29.4. The summed E-state index contributed by atoms with van der Waals surface area (Å²) in [6.45, 7) is 4.54. The van der Waals surface area contributed by atoms with Gasteiger partial charge in [-0.25, -0.2) is 0 Å². The van der Waals surface area contributed by atoms with Gasteiger partial charge in [0, 0.05) is 43.5 Å². The molecule has 1 amide bonds. The lowest BCUT2D eigenvalue weighted by atomic mass is 9.95. The lowest BCUT2D eigenvalue weighted by Gasteiger charge is -2.35. The van der Waals surface area contributed by atoms with Crippen LogP contribution in [-0.2, 0) is 12.8 Å². The largest absolute Gasteiger partial charge is 0.352 e. The first-order valence-corrected chi connectivity index (χ1v) is 10.9. The Morgan fingerprint density at radius 2 is 1.71 bits per heavy atom. The van der Waals surface area contributed by atoms with E-state index in [0.29, 0.717) is 31.9 Å². The topological polar surface area (TPSA) is 87.1 Å². The molecule has 8 nitrogen and oxygen atoms in total. The molecule has 31 heavy (non-hydrogen) atoms. The number of nitrogens with zero attached hydrogens (tertiary/aromatic N) is 5. The zero-order valence-electron chi connectivity index (χ0n) is 17.7. The van der Waals surface area contributed by atoms with Gasteiger partial charge >= 0.3 is 0 Å². The van der Waals surface area contributed by atoms with Gasteiger partial charge in [-0.05, 0) is 50.8 Å². The number of aryl methyl sites for hydroxylation is 2. The highest BCUT2D eigenvalue weighted by molar-refractivity contribution is 5.94. The lowest BCUT2D eigenvalue weighted by Crippen LogP contribution is -2.49. The summed E-state index contributed by atoms with van der Waals surface area (Å²) in [7, 11) is 0. The molecule has 0 atom stereocenters. The van der Waals surface area contributed by atoms with Gasteiger partial charge in [-0.15, -0.1) is 5.10 Å². The SMILES string of the molecule is Cc1ccc(-n2nc(N3CCN(C(=O)c4n[nH]c5c4CCCC5)CC3)ccc2=O)cc1. The van der Waals surface area contributed by atoms with Gasteiger partial charge in [-0.3, -0.25) is 14.7 Å². The van der Waals surface area contributed by atoms with Crippen LogP contribution in [0.25, 0.3) is 5.69 Å². The molecule has 0 radical (unpaired) electrons. The van der Waals surface area contributed by atoms with E-state index in [4.69, 9.17) is 0 Å². The second-order valence-corrected chi connectivity index (χ2v) is 8.29. The maximum atomic E-state index is 13.1. The van der Waals surface area contributed by atoms with Crippen LogP contribution in [0.1, 0.15) is 40.2 Å². The summed E-state index contributed by atoms with van der Waals surface area (Å²) in [5.41, 5.74) is 4.53. The second-order valence-electron chi connectivity index (χ2n) is 8.29. The fourth-order valence-corrected chi connectivity index (χ4v) is 4.39. The first-order chi connectivity index (χ1) is 15.1. The molecule has 8 heteroatoms. The van der Waals surface area contributed by atoms with Crippen LogP contribution in [0.15, 0.2) is 41.2 Å². The molecule has 2 aliphatic rings. The minimum atomic E-state index is -0.162. The van der Waals surface area contributed by atoms with E-state index in [1.54, 1.807) is 12.1 Å². The Balaban J connectivity index is 1.30. The fourth-order valence-electron chi connectivity index (χ4n) is 4.39. The summed E-state index contributed by atoms with van der Waals surface area (Å²) in [5.74, 6) is 0.751. The van der Waals surface area contributed by atoms with Crippen molar-refractivity contribution in [1.82, 2.24) is 24.9 Å². The van der Waals surface area contributed by atoms with E-state index in [9.17, 15) is 9.59 Å². The molecule has 0 saturated carbocycles. The molecule has 1 saturated heterocycles. The molecule has 0 bridgehead atoms. The van der Waals surface area contributed by atoms with Crippen molar-refractivity contribution in [3.05, 3.63) is 69.3 Å². The number of nitrogens with one attached hydrogen (secondary N) is 1. The quantitative estimate of drug-likeness (QED) is 0.704. The van der Waals surface area contributed by atoms with Crippen molar-refractivity contribution in [2.24, 2.45) is 0 Å². The Morgan fingerprint density at radius 3 is 2.48 bits per heavy atom. The fraction of sp³-hybridized carbons (Fsp3) is 0.391. The molecule has 0 unspecified atom stereocenters. The third-order valence-electron chi connectivity index (χ3n) is 6.21. The average Bonchev–Trinajstić information content (AvgIpc) is 3.24. The Bertz CT molecular complexity index is 1160. The highest BCUT2D eigenvalue weighted by atomic mass is 16.2. The van der Waals surface area contributed by atoms with Gasteiger partial charge in [0.25, 0.3) is 11.5 Å². The molecule has 2 aromatic heterocycles. The van der Waals surface area contributed by atoms with Crippen molar-refractivity contribution in [1.29, 1.82) is 0 Å². The number of H-pyrrole nitrogens is 1. The molecular formula is C23H26N6O2. The monoisotopic (exact) mass is 418 g/mol. The number of hydrogen-bond donors (Lipinski definition) is 1. The standard InChI is InChI=1S/C23H26N6O2/c1-16-6-8-17(9-7-16)29-21(30)11-10-20(26-29)27-12-14-28(15-13-27)23(31)22-18-4-2-3-5-19(18)24-25-22/h6-11H,2-5,12-15H2,1H3,(H,24,25). The number of benzene rings is 1. The van der Waals surface area contributed by atoms with Crippen LogP contribution >= 0.6 is 0 Å². The summed E-state index contributed by atoms with van der Waals surface area (Å²) >= 11 is 0. The molecule has 3 heterocycles. The van der Waals surface area contributed by atoms with Crippen LogP contribution < -0.4 is 10.5 Å². The second kappa shape index (κ2) is 8.02. The van der Waals surface area contributed by atoms with E-state index < -0.39 is 0 Å². The highest BCUT2D eigenvalue weighted by Gasteiger charge is 2.28. The van der Waals surface area contributed by atoms with Crippen LogP contribution in [0.5, 0.6) is 0 Å². The van der Waals surface area contributed by atoms with Gasteiger partial charge in [-0.1, -0.05) is 17.7 Å². The van der Waals surface area contributed by atoms with Gasteiger partial charge in [0.05, 0.1) is 5.69 Å². The maximum Gasteiger partial charge on any atom is 0.274 e. The van der Waals surface area contributed by atoms with Gasteiger partial charge in [0.2, 0.25) is 0 Å². The molecule has 3 aromatic rings. The van der Waals surface area contributed by atoms with Crippen molar-refractivity contribution in [3.63, 3.8) is 0 Å². The minimum absolute atomic E-state index is 0.0108. The number of rotatable bonds is 3. The van der Waals surface area contributed by atoms with Crippen molar-refractivity contribution in [2.45, 2.75) is 32.6 Å². The minimum Gasteiger partial charge on any atom is -0.352 e. The molecule has 0 spiro atoms. The smallest absolute Gasteiger partial charge is 0.274 e. The summed E-state index contributed by atoms with van der Waals surface area (Å²) < 4.78 is 1.43. The molecule has 1 aromatic carbocycles. The van der Waals surface area contributed by atoms with Crippen molar-refractivity contribution in [2.75, 3.05) is 31.1 Å². The van der Waals surface area contributed by atoms with Crippen molar-refractivity contribution in [3.8, 4) is 5.69 Å². The van der Waals surface area contributed by atoms with Gasteiger partial charge < -0.3 is 9.80 Å². The molecule has 5 rings (SSSR count). The van der Waals surface area contributed by atoms with Crippen molar-refractivity contribution >= 4 is 11.7 Å². The number of piperazine rings is 1. The highest BCUT2D eigenvalue weighted by Crippen LogP contribution is 2.24. The zero-order chi connectivity index (χ0) is 21.4. The van der Waals surface area contributed by atoms with E-state index >= 15 is 0 Å². The van der Waals surface area contributed by atoms with Gasteiger partial charge in [0.15, 0.2) is 5.69 Å². The maximum absolute atomic E-state index is 13.1. The number of carbonyl (C=O) groups is 1. The number of anilines is 1.